The van der Waals surface area contributed by atoms with Crippen LogP contribution in [0.5, 0.6) is 11.5 Å². The number of nitrogens with one attached hydrogen (secondary N) is 2. The Morgan fingerprint density at radius 2 is 0.861 bits per heavy atom. The van der Waals surface area contributed by atoms with Gasteiger partial charge >= 0.3 is 0 Å². The van der Waals surface area contributed by atoms with Gasteiger partial charge in [0.15, 0.2) is 12.2 Å². The van der Waals surface area contributed by atoms with Gasteiger partial charge in [0.05, 0.1) is 0 Å². The van der Waals surface area contributed by atoms with Crippen molar-refractivity contribution in [2.75, 3.05) is 10.6 Å². The molecule has 0 aliphatic carbocycles. The lowest BCUT2D eigenvalue weighted by Gasteiger charge is -2.15. The quantitative estimate of drug-likeness (QED) is 0.301. The molecule has 0 spiro atoms. The first-order chi connectivity index (χ1) is 17.5. The van der Waals surface area contributed by atoms with Gasteiger partial charge in [-0.3, -0.25) is 9.59 Å². The van der Waals surface area contributed by atoms with Gasteiger partial charge in [0.25, 0.3) is 11.8 Å². The average Bonchev–Trinajstić information content (AvgIpc) is 2.90. The van der Waals surface area contributed by atoms with Crippen molar-refractivity contribution in [3.63, 3.8) is 0 Å². The largest absolute Gasteiger partial charge is 0.481 e. The van der Waals surface area contributed by atoms with Gasteiger partial charge in [-0.15, -0.1) is 0 Å². The molecule has 4 aromatic rings. The monoisotopic (exact) mass is 480 g/mol. The van der Waals surface area contributed by atoms with Crippen LogP contribution in [0.25, 0.3) is 11.1 Å². The van der Waals surface area contributed by atoms with Gasteiger partial charge in [-0.2, -0.15) is 0 Å². The molecule has 0 bridgehead atoms. The van der Waals surface area contributed by atoms with Crippen molar-refractivity contribution in [2.24, 2.45) is 0 Å². The van der Waals surface area contributed by atoms with E-state index in [4.69, 9.17) is 9.47 Å². The van der Waals surface area contributed by atoms with Crippen LogP contribution in [0.4, 0.5) is 11.4 Å². The third-order valence-corrected chi connectivity index (χ3v) is 5.49. The number of para-hydroxylation sites is 2. The van der Waals surface area contributed by atoms with Crippen LogP contribution >= 0.6 is 0 Å². The number of ether oxygens (including phenoxy) is 2. The number of anilines is 2. The third kappa shape index (κ3) is 6.73. The summed E-state index contributed by atoms with van der Waals surface area (Å²) in [6.07, 6.45) is -1.26. The van der Waals surface area contributed by atoms with Crippen LogP contribution in [0.1, 0.15) is 13.8 Å². The van der Waals surface area contributed by atoms with Gasteiger partial charge < -0.3 is 20.1 Å². The minimum atomic E-state index is -0.629. The summed E-state index contributed by atoms with van der Waals surface area (Å²) in [5.41, 5.74) is 3.34. The molecular formula is C30H28N2O4. The first-order valence-electron chi connectivity index (χ1n) is 11.7. The molecule has 0 aromatic heterocycles. The summed E-state index contributed by atoms with van der Waals surface area (Å²) in [4.78, 5) is 24.9. The molecule has 0 saturated carbocycles. The van der Waals surface area contributed by atoms with Gasteiger partial charge in [-0.1, -0.05) is 60.7 Å². The van der Waals surface area contributed by atoms with Crippen LogP contribution in [-0.4, -0.2) is 24.0 Å². The number of hydrogen-bond acceptors (Lipinski definition) is 4. The fourth-order valence-corrected chi connectivity index (χ4v) is 3.49. The maximum Gasteiger partial charge on any atom is 0.265 e. The number of carbonyl (C=O) groups excluding carboxylic acids is 2. The SMILES string of the molecule is CC(Oc1ccccc1)C(=O)Nc1ccc(-c2ccc(NC(=O)C(C)Oc3ccccc3)cc2)cc1. The second-order valence-corrected chi connectivity index (χ2v) is 8.28. The Labute approximate surface area is 210 Å². The minimum Gasteiger partial charge on any atom is -0.481 e. The highest BCUT2D eigenvalue weighted by molar-refractivity contribution is 5.95. The van der Waals surface area contributed by atoms with Gasteiger partial charge in [0.1, 0.15) is 11.5 Å². The summed E-state index contributed by atoms with van der Waals surface area (Å²) in [6, 6.07) is 33.6. The molecule has 4 aromatic carbocycles. The molecule has 0 saturated heterocycles. The van der Waals surface area contributed by atoms with Crippen LogP contribution in [0.2, 0.25) is 0 Å². The van der Waals surface area contributed by atoms with E-state index in [9.17, 15) is 9.59 Å². The van der Waals surface area contributed by atoms with E-state index >= 15 is 0 Å². The number of hydrogen-bond donors (Lipinski definition) is 2. The maximum absolute atomic E-state index is 12.5. The lowest BCUT2D eigenvalue weighted by Crippen LogP contribution is -2.30. The lowest BCUT2D eigenvalue weighted by atomic mass is 10.0. The normalized spacial score (nSPS) is 12.2. The van der Waals surface area contributed by atoms with E-state index in [1.54, 1.807) is 13.8 Å². The third-order valence-electron chi connectivity index (χ3n) is 5.49. The number of carbonyl (C=O) groups is 2. The van der Waals surface area contributed by atoms with E-state index in [0.29, 0.717) is 22.9 Å². The zero-order valence-corrected chi connectivity index (χ0v) is 20.2. The van der Waals surface area contributed by atoms with Crippen molar-refractivity contribution >= 4 is 23.2 Å². The van der Waals surface area contributed by atoms with Crippen molar-refractivity contribution in [1.82, 2.24) is 0 Å². The molecule has 0 fully saturated rings. The molecule has 6 nitrogen and oxygen atoms in total. The van der Waals surface area contributed by atoms with E-state index in [0.717, 1.165) is 11.1 Å². The zero-order valence-electron chi connectivity index (χ0n) is 20.2. The Morgan fingerprint density at radius 1 is 0.528 bits per heavy atom. The number of amides is 2. The Kier molecular flexibility index (Phi) is 7.98. The van der Waals surface area contributed by atoms with E-state index in [2.05, 4.69) is 10.6 Å². The van der Waals surface area contributed by atoms with Crippen LogP contribution in [0.3, 0.4) is 0 Å². The maximum atomic E-state index is 12.5. The van der Waals surface area contributed by atoms with Crippen molar-refractivity contribution in [3.05, 3.63) is 109 Å². The summed E-state index contributed by atoms with van der Waals surface area (Å²) in [5, 5.41) is 5.75. The van der Waals surface area contributed by atoms with Crippen LogP contribution in [0.15, 0.2) is 109 Å². The lowest BCUT2D eigenvalue weighted by molar-refractivity contribution is -0.122. The summed E-state index contributed by atoms with van der Waals surface area (Å²) < 4.78 is 11.3. The van der Waals surface area contributed by atoms with Crippen molar-refractivity contribution in [1.29, 1.82) is 0 Å². The van der Waals surface area contributed by atoms with Gasteiger partial charge in [0, 0.05) is 11.4 Å². The van der Waals surface area contributed by atoms with E-state index in [-0.39, 0.29) is 11.8 Å². The molecule has 0 heterocycles. The summed E-state index contributed by atoms with van der Waals surface area (Å²) in [5.74, 6) is 0.843. The Morgan fingerprint density at radius 3 is 1.19 bits per heavy atom. The molecule has 2 unspecified atom stereocenters. The molecule has 2 amide bonds. The van der Waals surface area contributed by atoms with Crippen molar-refractivity contribution in [2.45, 2.75) is 26.1 Å². The van der Waals surface area contributed by atoms with Crippen molar-refractivity contribution in [3.8, 4) is 22.6 Å². The highest BCUT2D eigenvalue weighted by atomic mass is 16.5. The van der Waals surface area contributed by atoms with Crippen LogP contribution < -0.4 is 20.1 Å². The molecule has 0 aliphatic heterocycles. The minimum absolute atomic E-state index is 0.225. The predicted molar refractivity (Wildman–Crippen MR) is 142 cm³/mol. The molecular weight excluding hydrogens is 452 g/mol. The Bertz CT molecular complexity index is 1170. The van der Waals surface area contributed by atoms with Crippen LogP contribution in [0, 0.1) is 0 Å². The summed E-state index contributed by atoms with van der Waals surface area (Å²) in [7, 11) is 0. The second kappa shape index (κ2) is 11.7. The standard InChI is InChI=1S/C30H28N2O4/c1-21(35-27-9-5-3-6-10-27)29(33)31-25-17-13-23(14-18-25)24-15-19-26(20-16-24)32-30(34)22(2)36-28-11-7-4-8-12-28/h3-22H,1-2H3,(H,31,33)(H,32,34). The zero-order chi connectivity index (χ0) is 25.3. The molecule has 6 heteroatoms. The average molecular weight is 481 g/mol. The summed E-state index contributed by atoms with van der Waals surface area (Å²) >= 11 is 0. The first-order valence-corrected chi connectivity index (χ1v) is 11.7. The topological polar surface area (TPSA) is 76.7 Å². The van der Waals surface area contributed by atoms with Gasteiger partial charge in [-0.25, -0.2) is 0 Å². The molecule has 0 aliphatic rings. The fourth-order valence-electron chi connectivity index (χ4n) is 3.49. The number of benzene rings is 4. The number of rotatable bonds is 9. The smallest absolute Gasteiger partial charge is 0.265 e. The molecule has 2 atom stereocenters. The molecule has 36 heavy (non-hydrogen) atoms. The van der Waals surface area contributed by atoms with Gasteiger partial charge in [0.2, 0.25) is 0 Å². The first kappa shape index (κ1) is 24.5. The second-order valence-electron chi connectivity index (χ2n) is 8.28. The Balaban J connectivity index is 1.30. The van der Waals surface area contributed by atoms with Crippen LogP contribution in [-0.2, 0) is 9.59 Å². The molecule has 0 radical (unpaired) electrons. The predicted octanol–water partition coefficient (Wildman–Crippen LogP) is 6.17. The highest BCUT2D eigenvalue weighted by Gasteiger charge is 2.16. The fraction of sp³-hybridized carbons (Fsp3) is 0.133. The van der Waals surface area contributed by atoms with E-state index in [1.165, 1.54) is 0 Å². The Hall–Kier alpha value is -4.58. The van der Waals surface area contributed by atoms with E-state index in [1.807, 2.05) is 109 Å². The van der Waals surface area contributed by atoms with Gasteiger partial charge in [-0.05, 0) is 73.5 Å². The highest BCUT2D eigenvalue weighted by Crippen LogP contribution is 2.24. The van der Waals surface area contributed by atoms with E-state index < -0.39 is 12.2 Å². The molecule has 182 valence electrons. The molecule has 4 rings (SSSR count). The molecule has 2 N–H and O–H groups in total. The summed E-state index contributed by atoms with van der Waals surface area (Å²) in [6.45, 7) is 3.43. The van der Waals surface area contributed by atoms with Crippen molar-refractivity contribution < 1.29 is 19.1 Å².